The number of aromatic nitrogens is 2. The van der Waals surface area contributed by atoms with Gasteiger partial charge in [0.2, 0.25) is 0 Å². The predicted octanol–water partition coefficient (Wildman–Crippen LogP) is 23.5. The number of amides is 4. The summed E-state index contributed by atoms with van der Waals surface area (Å²) >= 11 is 0. The highest BCUT2D eigenvalue weighted by Gasteiger charge is 2.34. The van der Waals surface area contributed by atoms with Crippen molar-refractivity contribution in [2.45, 2.75) is 31.7 Å². The van der Waals surface area contributed by atoms with E-state index >= 15 is 19.2 Å². The summed E-state index contributed by atoms with van der Waals surface area (Å²) in [5, 5.41) is 26.9. The summed E-state index contributed by atoms with van der Waals surface area (Å²) in [6, 6.07) is 112. The van der Waals surface area contributed by atoms with Gasteiger partial charge in [0.1, 0.15) is 23.0 Å². The third kappa shape index (κ3) is 14.9. The van der Waals surface area contributed by atoms with Crippen molar-refractivity contribution >= 4 is 117 Å². The van der Waals surface area contributed by atoms with Crippen LogP contribution < -0.4 is 56.2 Å². The quantitative estimate of drug-likeness (QED) is 0.0893. The van der Waals surface area contributed by atoms with Crippen molar-refractivity contribution in [1.29, 1.82) is 0 Å². The SMILES string of the molecule is COc1c2cc3ccccc3c1-c1c(OC)c(cc3ccccc13)Cc1cccc(c1)C(=O)Nc1ccccc1/C1=c3\cc/c([nH]3)=C3\c4ccccc4NC(=O)c4cccc(c4)Cc4cc5ccccc5c(c4OC)-c4c(OC)c(cc5ccccc45)Cc4cccc(c4)C(=O)Nc4ccccc4/C(=C4\C=CC3N4)c3ccc([nH]3)C(=C3C=CC1=N3)c1ccccc1NC(=O)c1cccc(c1)C2. The zero-order valence-electron chi connectivity index (χ0n) is 74.8. The maximum Gasteiger partial charge on any atom is 0.255 e. The summed E-state index contributed by atoms with van der Waals surface area (Å²) in [6.45, 7) is 0. The Hall–Kier alpha value is -17.6. The molecule has 656 valence electrons. The van der Waals surface area contributed by atoms with E-state index in [1.807, 2.05) is 273 Å². The molecule has 136 heavy (non-hydrogen) atoms. The molecule has 7 heterocycles. The number of fused-ring (bicyclic) bond motifs is 40. The van der Waals surface area contributed by atoms with Gasteiger partial charge >= 0.3 is 0 Å². The van der Waals surface area contributed by atoms with E-state index in [4.69, 9.17) is 23.9 Å². The van der Waals surface area contributed by atoms with Gasteiger partial charge in [-0.15, -0.1) is 0 Å². The van der Waals surface area contributed by atoms with Gasteiger partial charge in [-0.2, -0.15) is 0 Å². The van der Waals surface area contributed by atoms with E-state index in [9.17, 15) is 0 Å². The van der Waals surface area contributed by atoms with Crippen LogP contribution in [-0.4, -0.2) is 73.8 Å². The Kier molecular flexibility index (Phi) is 21.0. The van der Waals surface area contributed by atoms with E-state index in [2.05, 4.69) is 128 Å². The highest BCUT2D eigenvalue weighted by atomic mass is 16.5. The van der Waals surface area contributed by atoms with E-state index in [1.165, 1.54) is 0 Å². The molecule has 1 unspecified atom stereocenters. The number of benzene rings is 16. The number of nitrogens with zero attached hydrogens (tertiary/aromatic N) is 1. The molecule has 1 atom stereocenters. The summed E-state index contributed by atoms with van der Waals surface area (Å²) in [5.41, 5.74) is 22.9. The molecule has 18 aromatic rings. The number of carbonyl (C=O) groups is 4. The second-order valence-corrected chi connectivity index (χ2v) is 34.9. The molecule has 0 saturated carbocycles. The number of para-hydroxylation sites is 4. The summed E-state index contributed by atoms with van der Waals surface area (Å²) in [4.78, 5) is 76.5. The van der Waals surface area contributed by atoms with Crippen molar-refractivity contribution < 1.29 is 38.1 Å². The lowest BCUT2D eigenvalue weighted by atomic mass is 9.86. The molecule has 4 amide bonds. The molecule has 0 fully saturated rings. The van der Waals surface area contributed by atoms with Crippen LogP contribution in [0, 0.1) is 0 Å². The topological polar surface area (TPSA) is 209 Å². The first-order valence-corrected chi connectivity index (χ1v) is 45.5. The molecule has 5 aliphatic rings. The highest BCUT2D eigenvalue weighted by molar-refractivity contribution is 6.32. The Balaban J connectivity index is 0.743. The number of carbonyl (C=O) groups excluding carboxylic acids is 4. The number of anilines is 4. The fourth-order valence-corrected chi connectivity index (χ4v) is 20.8. The molecule has 0 saturated heterocycles. The smallest absolute Gasteiger partial charge is 0.255 e. The summed E-state index contributed by atoms with van der Waals surface area (Å²) < 4.78 is 26.7. The third-order valence-corrected chi connectivity index (χ3v) is 26.7. The number of nitrogens with one attached hydrogen (secondary N) is 7. The Bertz CT molecular complexity index is 8440. The Labute approximate surface area is 784 Å². The highest BCUT2D eigenvalue weighted by Crippen LogP contribution is 2.53. The number of rotatable bonds is 4. The minimum absolute atomic E-state index is 0.331. The molecule has 0 radical (unpaired) electrons. The van der Waals surface area contributed by atoms with Gasteiger partial charge in [0.15, 0.2) is 0 Å². The molecule has 23 rings (SSSR count). The molecule has 0 aliphatic carbocycles. The van der Waals surface area contributed by atoms with Crippen LogP contribution in [0.2, 0.25) is 0 Å². The first-order chi connectivity index (χ1) is 66.8. The number of hydrogen-bond acceptors (Lipinski definition) is 10. The van der Waals surface area contributed by atoms with E-state index in [0.29, 0.717) is 172 Å². The number of aliphatic imine (C=N–C) groups is 1. The minimum Gasteiger partial charge on any atom is -0.496 e. The average Bonchev–Trinajstić information content (AvgIpc) is 1.07. The van der Waals surface area contributed by atoms with E-state index in [0.717, 1.165) is 115 Å². The second-order valence-electron chi connectivity index (χ2n) is 34.9. The third-order valence-electron chi connectivity index (χ3n) is 26.7. The van der Waals surface area contributed by atoms with Gasteiger partial charge in [-0.25, -0.2) is 4.99 Å². The molecule has 16 aromatic carbocycles. The predicted molar refractivity (Wildman–Crippen MR) is 545 cm³/mol. The first kappa shape index (κ1) is 82.8. The van der Waals surface area contributed by atoms with Gasteiger partial charge < -0.3 is 55.5 Å². The molecule has 5 aliphatic heterocycles. The van der Waals surface area contributed by atoms with E-state index < -0.39 is 6.04 Å². The van der Waals surface area contributed by atoms with Crippen LogP contribution in [-0.2, 0) is 25.7 Å². The van der Waals surface area contributed by atoms with Crippen molar-refractivity contribution in [2.75, 3.05) is 49.7 Å². The Morgan fingerprint density at radius 3 is 1.01 bits per heavy atom. The van der Waals surface area contributed by atoms with Gasteiger partial charge in [0.25, 0.3) is 23.6 Å². The fourth-order valence-electron chi connectivity index (χ4n) is 20.8. The summed E-state index contributed by atoms with van der Waals surface area (Å²) in [5.74, 6) is 1.31. The van der Waals surface area contributed by atoms with Crippen LogP contribution in [0.5, 0.6) is 23.0 Å². The molecule has 0 spiro atoms. The number of H-pyrrole nitrogens is 2. The lowest BCUT2D eigenvalue weighted by molar-refractivity contribution is 0.101. The molecule has 16 heteroatoms. The largest absolute Gasteiger partial charge is 0.496 e. The van der Waals surface area contributed by atoms with E-state index in [1.54, 1.807) is 28.4 Å². The van der Waals surface area contributed by atoms with Crippen molar-refractivity contribution in [2.24, 2.45) is 4.99 Å². The van der Waals surface area contributed by atoms with Crippen LogP contribution >= 0.6 is 0 Å². The molecule has 28 bridgehead atoms. The Morgan fingerprint density at radius 1 is 0.294 bits per heavy atom. The standard InChI is InChI=1S/C120H88N8O8/c1-133-113-81-61-69-25-21-33-77(57-69)117(129)125-93-45-17-13-41-89(93)105-97-49-50-98(121-97)106(90-42-14-18-46-94(90)126-118(130)78-34-22-26-70(58-78)62-82-66-74-30-6-10-38-86(74)110(114(82)134-2)109(113)85-37-9-5-29-73(85)65-81)103-55-56-104(124-103)108-92-44-16-20-48-96(92)128-120(132)80-36-24-28-72(60-80)64-84-68-76-32-8-12-40-88(76)112(116(84)136-4)111-87-39-11-7-31-75(87)67-83(115(111)135-3)63-71-27-23-35-79(59-71)119(131)127-95-47-19-15-43-91(95)107(99-51-52-100(108)122-99)102-54-53-101(105)123-102/h5-60,65-68,97,121,123-124H,61-64H2,1-4H3,(H,125,129)(H,126,130)(H,127,131)(H,128,132)/b105-101-,106-98-,107-102-,108-100?. The molecule has 16 nitrogen and oxygen atoms in total. The van der Waals surface area contributed by atoms with Gasteiger partial charge in [-0.05, 0) is 227 Å². The van der Waals surface area contributed by atoms with Crippen molar-refractivity contribution in [3.05, 3.63) is 487 Å². The number of allylic oxidation sites excluding steroid dienone is 3. The zero-order valence-corrected chi connectivity index (χ0v) is 74.8. The van der Waals surface area contributed by atoms with Crippen LogP contribution in [0.25, 0.3) is 87.6 Å². The minimum atomic E-state index is -0.635. The molecular formula is C120H88N8O8. The first-order valence-electron chi connectivity index (χ1n) is 45.5. The van der Waals surface area contributed by atoms with Gasteiger partial charge in [0.05, 0.1) is 45.9 Å². The van der Waals surface area contributed by atoms with Crippen LogP contribution in [0.1, 0.15) is 120 Å². The summed E-state index contributed by atoms with van der Waals surface area (Å²) in [6.07, 6.45) is 9.78. The van der Waals surface area contributed by atoms with Crippen molar-refractivity contribution in [1.82, 2.24) is 15.3 Å². The van der Waals surface area contributed by atoms with Crippen molar-refractivity contribution in [3.63, 3.8) is 0 Å². The average molecular weight is 1770 g/mol. The Morgan fingerprint density at radius 2 is 0.625 bits per heavy atom. The van der Waals surface area contributed by atoms with Crippen LogP contribution in [0.4, 0.5) is 22.7 Å². The molecule has 2 aromatic heterocycles. The number of aromatic amines is 2. The normalized spacial score (nSPS) is 16.0. The zero-order chi connectivity index (χ0) is 91.8. The lowest BCUT2D eigenvalue weighted by Crippen LogP contribution is -2.30. The maximum atomic E-state index is 15.7. The van der Waals surface area contributed by atoms with Gasteiger partial charge in [-0.1, -0.05) is 224 Å². The monoisotopic (exact) mass is 1770 g/mol. The second kappa shape index (κ2) is 34.6. The lowest BCUT2D eigenvalue weighted by Gasteiger charge is -2.23. The van der Waals surface area contributed by atoms with E-state index in [-0.39, 0.29) is 23.6 Å². The van der Waals surface area contributed by atoms with Crippen LogP contribution in [0.15, 0.2) is 380 Å². The van der Waals surface area contributed by atoms with Crippen molar-refractivity contribution in [3.8, 4) is 45.3 Å². The number of methoxy groups -OCH3 is 4. The molecule has 7 N–H and O–H groups in total. The van der Waals surface area contributed by atoms with Crippen LogP contribution in [0.3, 0.4) is 0 Å². The fraction of sp³-hybridized carbons (Fsp3) is 0.0750. The molecular weight excluding hydrogens is 1680 g/mol. The number of hydrogen-bond donors (Lipinski definition) is 7. The van der Waals surface area contributed by atoms with Gasteiger partial charge in [0, 0.05) is 165 Å². The van der Waals surface area contributed by atoms with Gasteiger partial charge in [-0.3, -0.25) is 19.2 Å². The maximum absolute atomic E-state index is 15.7. The number of ether oxygens (including phenoxy) is 4. The summed E-state index contributed by atoms with van der Waals surface area (Å²) in [7, 11) is 6.85.